The molecule has 0 bridgehead atoms. The van der Waals surface area contributed by atoms with Gasteiger partial charge in [-0.25, -0.2) is 9.07 Å². The minimum Gasteiger partial charge on any atom is -0.366 e. The Balaban J connectivity index is 1.70. The van der Waals surface area contributed by atoms with Crippen LogP contribution in [0.4, 0.5) is 8.78 Å². The first kappa shape index (κ1) is 16.7. The molecule has 3 N–H and O–H groups in total. The summed E-state index contributed by atoms with van der Waals surface area (Å²) in [5.74, 6) is -1.11. The highest BCUT2D eigenvalue weighted by Crippen LogP contribution is 2.27. The number of aromatic nitrogens is 2. The molecule has 5 nitrogen and oxygen atoms in total. The van der Waals surface area contributed by atoms with Crippen LogP contribution in [0.1, 0.15) is 28.3 Å². The third kappa shape index (κ3) is 2.84. The first-order valence-electron chi connectivity index (χ1n) is 8.46. The number of hydrogen-bond acceptors (Lipinski definition) is 3. The summed E-state index contributed by atoms with van der Waals surface area (Å²) in [4.78, 5) is 11.5. The molecule has 0 unspecified atom stereocenters. The summed E-state index contributed by atoms with van der Waals surface area (Å²) < 4.78 is 29.5. The minimum absolute atomic E-state index is 0.0933. The Kier molecular flexibility index (Phi) is 4.16. The lowest BCUT2D eigenvalue weighted by Crippen LogP contribution is -2.36. The van der Waals surface area contributed by atoms with E-state index in [1.165, 1.54) is 6.07 Å². The predicted octanol–water partition coefficient (Wildman–Crippen LogP) is 2.68. The van der Waals surface area contributed by atoms with Gasteiger partial charge in [-0.1, -0.05) is 18.2 Å². The van der Waals surface area contributed by atoms with Crippen LogP contribution in [0, 0.1) is 5.95 Å². The molecule has 1 fully saturated rings. The van der Waals surface area contributed by atoms with Gasteiger partial charge < -0.3 is 11.1 Å². The molecule has 1 aliphatic heterocycles. The lowest BCUT2D eigenvalue weighted by molar-refractivity contribution is 0.100. The van der Waals surface area contributed by atoms with Crippen LogP contribution >= 0.6 is 0 Å². The molecule has 1 amide bonds. The zero-order chi connectivity index (χ0) is 18.3. The molecular formula is C19H18F2N4O. The second kappa shape index (κ2) is 6.49. The number of piperidine rings is 1. The number of amides is 1. The van der Waals surface area contributed by atoms with Crippen LogP contribution in [0.15, 0.2) is 42.5 Å². The number of nitrogens with zero attached hydrogens (tertiary/aromatic N) is 2. The average molecular weight is 356 g/mol. The minimum atomic E-state index is -0.852. The number of alkyl halides is 1. The van der Waals surface area contributed by atoms with Gasteiger partial charge in [0.25, 0.3) is 5.91 Å². The third-order valence-electron chi connectivity index (χ3n) is 4.82. The molecule has 0 saturated carbocycles. The molecule has 0 aliphatic carbocycles. The predicted molar refractivity (Wildman–Crippen MR) is 94.7 cm³/mol. The molecule has 2 heterocycles. The van der Waals surface area contributed by atoms with E-state index in [1.54, 1.807) is 24.3 Å². The SMILES string of the molecule is NC(=O)c1cccc2c(F)n(-c3ccc([C@@H]4CNC[C@H](F)C4)cc3)nc12. The van der Waals surface area contributed by atoms with Gasteiger partial charge in [0.05, 0.1) is 16.6 Å². The van der Waals surface area contributed by atoms with Gasteiger partial charge in [-0.15, -0.1) is 0 Å². The molecule has 3 aromatic rings. The van der Waals surface area contributed by atoms with Gasteiger partial charge in [0.2, 0.25) is 5.95 Å². The van der Waals surface area contributed by atoms with Crippen molar-refractivity contribution in [1.82, 2.24) is 15.1 Å². The van der Waals surface area contributed by atoms with E-state index in [9.17, 15) is 13.6 Å². The highest BCUT2D eigenvalue weighted by Gasteiger charge is 2.23. The lowest BCUT2D eigenvalue weighted by atomic mass is 9.91. The molecule has 1 saturated heterocycles. The zero-order valence-electron chi connectivity index (χ0n) is 14.0. The Hall–Kier alpha value is -2.80. The fraction of sp³-hybridized carbons (Fsp3) is 0.263. The molecule has 2 aromatic carbocycles. The summed E-state index contributed by atoms with van der Waals surface area (Å²) in [6, 6.07) is 11.9. The first-order valence-corrected chi connectivity index (χ1v) is 8.46. The van der Waals surface area contributed by atoms with Crippen molar-refractivity contribution in [3.05, 3.63) is 59.5 Å². The van der Waals surface area contributed by atoms with Crippen molar-refractivity contribution in [2.24, 2.45) is 5.73 Å². The number of carbonyl (C=O) groups excluding carboxylic acids is 1. The second-order valence-corrected chi connectivity index (χ2v) is 6.55. The summed E-state index contributed by atoms with van der Waals surface area (Å²) >= 11 is 0. The molecule has 0 radical (unpaired) electrons. The maximum absolute atomic E-state index is 14.8. The molecule has 2 atom stereocenters. The Morgan fingerprint density at radius 2 is 1.96 bits per heavy atom. The normalized spacial score (nSPS) is 20.4. The van der Waals surface area contributed by atoms with E-state index in [2.05, 4.69) is 10.4 Å². The van der Waals surface area contributed by atoms with Gasteiger partial charge in [0, 0.05) is 13.1 Å². The topological polar surface area (TPSA) is 72.9 Å². The zero-order valence-corrected chi connectivity index (χ0v) is 14.0. The van der Waals surface area contributed by atoms with Gasteiger partial charge >= 0.3 is 0 Å². The standard InChI is InChI=1S/C19H18F2N4O/c20-13-8-12(9-23-10-13)11-4-6-14(7-5-11)25-18(21)15-2-1-3-16(19(22)26)17(15)24-25/h1-7,12-13,23H,8-10H2,(H2,22,26)/t12-,13+/m0/s1. The highest BCUT2D eigenvalue weighted by molar-refractivity contribution is 6.04. The summed E-state index contributed by atoms with van der Waals surface area (Å²) in [5.41, 5.74) is 7.28. The van der Waals surface area contributed by atoms with Gasteiger partial charge in [0.15, 0.2) is 0 Å². The molecule has 4 rings (SSSR count). The van der Waals surface area contributed by atoms with Crippen molar-refractivity contribution in [3.8, 4) is 5.69 Å². The van der Waals surface area contributed by atoms with E-state index in [1.807, 2.05) is 12.1 Å². The third-order valence-corrected chi connectivity index (χ3v) is 4.82. The molecule has 1 aromatic heterocycles. The molecule has 26 heavy (non-hydrogen) atoms. The fourth-order valence-electron chi connectivity index (χ4n) is 3.48. The quantitative estimate of drug-likeness (QED) is 0.758. The average Bonchev–Trinajstić information content (AvgIpc) is 2.99. The lowest BCUT2D eigenvalue weighted by Gasteiger charge is -2.26. The highest BCUT2D eigenvalue weighted by atomic mass is 19.1. The number of nitrogens with two attached hydrogens (primary N) is 1. The summed E-state index contributed by atoms with van der Waals surface area (Å²) in [6.45, 7) is 1.11. The molecule has 7 heteroatoms. The maximum atomic E-state index is 14.8. The number of fused-ring (bicyclic) bond motifs is 1. The molecular weight excluding hydrogens is 338 g/mol. The second-order valence-electron chi connectivity index (χ2n) is 6.55. The molecule has 134 valence electrons. The van der Waals surface area contributed by atoms with Gasteiger partial charge in [-0.3, -0.25) is 4.79 Å². The number of primary amides is 1. The molecule has 0 spiro atoms. The van der Waals surface area contributed by atoms with E-state index in [-0.39, 0.29) is 22.4 Å². The summed E-state index contributed by atoms with van der Waals surface area (Å²) in [6.07, 6.45) is -0.372. The van der Waals surface area contributed by atoms with Crippen molar-refractivity contribution < 1.29 is 13.6 Å². The Labute approximate surface area is 148 Å². The van der Waals surface area contributed by atoms with Crippen LogP contribution in [0.3, 0.4) is 0 Å². The van der Waals surface area contributed by atoms with Crippen LogP contribution in [-0.2, 0) is 0 Å². The van der Waals surface area contributed by atoms with Crippen molar-refractivity contribution >= 4 is 16.8 Å². The number of rotatable bonds is 3. The Morgan fingerprint density at radius 1 is 1.19 bits per heavy atom. The van der Waals surface area contributed by atoms with E-state index >= 15 is 0 Å². The van der Waals surface area contributed by atoms with E-state index < -0.39 is 18.0 Å². The Morgan fingerprint density at radius 3 is 2.65 bits per heavy atom. The van der Waals surface area contributed by atoms with Gasteiger partial charge in [0.1, 0.15) is 11.7 Å². The molecule has 1 aliphatic rings. The number of benzene rings is 2. The van der Waals surface area contributed by atoms with Crippen molar-refractivity contribution in [2.75, 3.05) is 13.1 Å². The van der Waals surface area contributed by atoms with E-state index in [0.717, 1.165) is 16.8 Å². The van der Waals surface area contributed by atoms with Crippen molar-refractivity contribution in [1.29, 1.82) is 0 Å². The monoisotopic (exact) mass is 356 g/mol. The number of carbonyl (C=O) groups is 1. The van der Waals surface area contributed by atoms with E-state index in [0.29, 0.717) is 18.7 Å². The van der Waals surface area contributed by atoms with Gasteiger partial charge in [-0.05, 0) is 42.2 Å². The van der Waals surface area contributed by atoms with Gasteiger partial charge in [-0.2, -0.15) is 9.49 Å². The first-order chi connectivity index (χ1) is 12.5. The van der Waals surface area contributed by atoms with Crippen LogP contribution in [0.2, 0.25) is 0 Å². The summed E-state index contributed by atoms with van der Waals surface area (Å²) in [5, 5.41) is 7.54. The smallest absolute Gasteiger partial charge is 0.250 e. The van der Waals surface area contributed by atoms with Crippen molar-refractivity contribution in [3.63, 3.8) is 0 Å². The van der Waals surface area contributed by atoms with Crippen LogP contribution < -0.4 is 11.1 Å². The number of hydrogen-bond donors (Lipinski definition) is 2. The van der Waals surface area contributed by atoms with E-state index in [4.69, 9.17) is 5.73 Å². The summed E-state index contributed by atoms with van der Waals surface area (Å²) in [7, 11) is 0. The number of nitrogens with one attached hydrogen (secondary N) is 1. The number of halogens is 2. The fourth-order valence-corrected chi connectivity index (χ4v) is 3.48. The van der Waals surface area contributed by atoms with Crippen LogP contribution in [0.25, 0.3) is 16.6 Å². The Bertz CT molecular complexity index is 968. The maximum Gasteiger partial charge on any atom is 0.250 e. The largest absolute Gasteiger partial charge is 0.366 e. The van der Waals surface area contributed by atoms with Crippen LogP contribution in [-0.4, -0.2) is 34.9 Å². The van der Waals surface area contributed by atoms with Crippen LogP contribution in [0.5, 0.6) is 0 Å². The van der Waals surface area contributed by atoms with Crippen molar-refractivity contribution in [2.45, 2.75) is 18.5 Å².